The van der Waals surface area contributed by atoms with E-state index in [2.05, 4.69) is 16.0 Å². The van der Waals surface area contributed by atoms with E-state index in [0.717, 1.165) is 11.3 Å². The lowest BCUT2D eigenvalue weighted by molar-refractivity contribution is -0.119. The third-order valence-electron chi connectivity index (χ3n) is 3.52. The number of amides is 2. The molecule has 2 aromatic rings. The van der Waals surface area contributed by atoms with Gasteiger partial charge in [0.15, 0.2) is 0 Å². The van der Waals surface area contributed by atoms with E-state index in [-0.39, 0.29) is 18.4 Å². The van der Waals surface area contributed by atoms with E-state index in [1.165, 1.54) is 0 Å². The molecule has 0 spiro atoms. The summed E-state index contributed by atoms with van der Waals surface area (Å²) in [4.78, 5) is 23.7. The van der Waals surface area contributed by atoms with Crippen LogP contribution in [-0.4, -0.2) is 38.6 Å². The normalized spacial score (nSPS) is 10.1. The Balaban J connectivity index is 1.73. The van der Waals surface area contributed by atoms with Crippen LogP contribution in [0.5, 0.6) is 0 Å². The molecular weight excluding hydrogens is 318 g/mol. The molecule has 0 unspecified atom stereocenters. The van der Waals surface area contributed by atoms with Crippen LogP contribution in [0.1, 0.15) is 15.9 Å². The van der Waals surface area contributed by atoms with Crippen LogP contribution in [0, 0.1) is 0 Å². The predicted molar refractivity (Wildman–Crippen MR) is 97.4 cm³/mol. The fraction of sp³-hybridized carbons (Fsp3) is 0.263. The number of hydrogen-bond donors (Lipinski definition) is 3. The van der Waals surface area contributed by atoms with Crippen LogP contribution in [0.25, 0.3) is 0 Å². The van der Waals surface area contributed by atoms with Crippen LogP contribution in [0.4, 0.5) is 5.69 Å². The zero-order valence-corrected chi connectivity index (χ0v) is 14.2. The first kappa shape index (κ1) is 18.5. The van der Waals surface area contributed by atoms with Crippen LogP contribution < -0.4 is 16.0 Å². The van der Waals surface area contributed by atoms with Crippen molar-refractivity contribution in [3.63, 3.8) is 0 Å². The number of hydrogen-bond acceptors (Lipinski definition) is 4. The number of anilines is 1. The average Bonchev–Trinajstić information content (AvgIpc) is 2.66. The van der Waals surface area contributed by atoms with Crippen molar-refractivity contribution >= 4 is 17.5 Å². The number of carbonyl (C=O) groups is 2. The minimum absolute atomic E-state index is 0.0924. The maximum absolute atomic E-state index is 11.9. The van der Waals surface area contributed by atoms with Gasteiger partial charge in [0.1, 0.15) is 0 Å². The summed E-state index contributed by atoms with van der Waals surface area (Å²) in [6.45, 7) is 1.62. The van der Waals surface area contributed by atoms with Crippen molar-refractivity contribution in [1.29, 1.82) is 0 Å². The van der Waals surface area contributed by atoms with E-state index >= 15 is 0 Å². The van der Waals surface area contributed by atoms with Crippen LogP contribution in [0.3, 0.4) is 0 Å². The predicted octanol–water partition coefficient (Wildman–Crippen LogP) is 1.79. The minimum atomic E-state index is -0.149. The van der Waals surface area contributed by atoms with E-state index in [4.69, 9.17) is 4.74 Å². The summed E-state index contributed by atoms with van der Waals surface area (Å²) in [5.41, 5.74) is 2.40. The summed E-state index contributed by atoms with van der Waals surface area (Å²) in [6, 6.07) is 16.7. The topological polar surface area (TPSA) is 79.5 Å². The molecule has 2 aromatic carbocycles. The summed E-state index contributed by atoms with van der Waals surface area (Å²) in [7, 11) is 1.59. The quantitative estimate of drug-likeness (QED) is 0.608. The highest BCUT2D eigenvalue weighted by atomic mass is 16.5. The average molecular weight is 341 g/mol. The lowest BCUT2D eigenvalue weighted by Crippen LogP contribution is -2.29. The van der Waals surface area contributed by atoms with Gasteiger partial charge in [0.05, 0.1) is 13.2 Å². The molecule has 132 valence electrons. The zero-order valence-electron chi connectivity index (χ0n) is 14.2. The van der Waals surface area contributed by atoms with Crippen molar-refractivity contribution in [2.45, 2.75) is 6.54 Å². The lowest BCUT2D eigenvalue weighted by atomic mass is 10.2. The Hall–Kier alpha value is -2.86. The van der Waals surface area contributed by atoms with Crippen LogP contribution in [-0.2, 0) is 16.1 Å². The molecule has 0 aliphatic rings. The van der Waals surface area contributed by atoms with Crippen molar-refractivity contribution < 1.29 is 14.3 Å². The second-order valence-electron chi connectivity index (χ2n) is 5.44. The van der Waals surface area contributed by atoms with Gasteiger partial charge in [-0.2, -0.15) is 0 Å². The van der Waals surface area contributed by atoms with Gasteiger partial charge in [-0.3, -0.25) is 9.59 Å². The van der Waals surface area contributed by atoms with Crippen LogP contribution >= 0.6 is 0 Å². The molecule has 0 radical (unpaired) electrons. The molecule has 0 saturated heterocycles. The first-order valence-corrected chi connectivity index (χ1v) is 8.10. The van der Waals surface area contributed by atoms with E-state index < -0.39 is 0 Å². The monoisotopic (exact) mass is 341 g/mol. The molecule has 2 amide bonds. The van der Waals surface area contributed by atoms with E-state index in [9.17, 15) is 9.59 Å². The van der Waals surface area contributed by atoms with Crippen molar-refractivity contribution in [1.82, 2.24) is 10.6 Å². The number of nitrogens with one attached hydrogen (secondary N) is 3. The van der Waals surface area contributed by atoms with Gasteiger partial charge in [0.25, 0.3) is 5.91 Å². The number of rotatable bonds is 9. The molecule has 2 rings (SSSR count). The van der Waals surface area contributed by atoms with E-state index in [1.54, 1.807) is 31.4 Å². The number of methoxy groups -OCH3 is 1. The maximum Gasteiger partial charge on any atom is 0.251 e. The van der Waals surface area contributed by atoms with Crippen LogP contribution in [0.15, 0.2) is 54.6 Å². The van der Waals surface area contributed by atoms with Gasteiger partial charge >= 0.3 is 0 Å². The van der Waals surface area contributed by atoms with Gasteiger partial charge in [-0.05, 0) is 29.8 Å². The highest BCUT2D eigenvalue weighted by Gasteiger charge is 2.05. The summed E-state index contributed by atoms with van der Waals surface area (Å²) in [6.07, 6.45) is 0. The Kier molecular flexibility index (Phi) is 7.46. The molecule has 25 heavy (non-hydrogen) atoms. The molecule has 0 bridgehead atoms. The Morgan fingerprint density at radius 3 is 2.36 bits per heavy atom. The third-order valence-corrected chi connectivity index (χ3v) is 3.52. The maximum atomic E-state index is 11.9. The molecule has 3 N–H and O–H groups in total. The highest BCUT2D eigenvalue weighted by molar-refractivity contribution is 5.94. The molecule has 0 atom stereocenters. The highest BCUT2D eigenvalue weighted by Crippen LogP contribution is 2.09. The Bertz CT molecular complexity index is 672. The molecular formula is C19H23N3O3. The fourth-order valence-electron chi connectivity index (χ4n) is 2.15. The van der Waals surface area contributed by atoms with Gasteiger partial charge < -0.3 is 20.7 Å². The Morgan fingerprint density at radius 1 is 0.960 bits per heavy atom. The van der Waals surface area contributed by atoms with Crippen molar-refractivity contribution in [2.75, 3.05) is 32.1 Å². The van der Waals surface area contributed by atoms with E-state index in [0.29, 0.717) is 25.3 Å². The first-order valence-electron chi connectivity index (χ1n) is 8.10. The van der Waals surface area contributed by atoms with Gasteiger partial charge in [-0.1, -0.05) is 30.3 Å². The van der Waals surface area contributed by atoms with Gasteiger partial charge in [0.2, 0.25) is 5.91 Å². The molecule has 0 fully saturated rings. The smallest absolute Gasteiger partial charge is 0.251 e. The van der Waals surface area contributed by atoms with E-state index in [1.807, 2.05) is 30.3 Å². The van der Waals surface area contributed by atoms with Gasteiger partial charge in [0, 0.05) is 31.5 Å². The SMILES string of the molecule is COCCNC(=O)c1ccc(NCC(=O)NCc2ccccc2)cc1. The zero-order chi connectivity index (χ0) is 17.9. The largest absolute Gasteiger partial charge is 0.383 e. The Morgan fingerprint density at radius 2 is 1.68 bits per heavy atom. The first-order chi connectivity index (χ1) is 12.2. The fourth-order valence-corrected chi connectivity index (χ4v) is 2.15. The Labute approximate surface area is 147 Å². The molecule has 6 nitrogen and oxygen atoms in total. The van der Waals surface area contributed by atoms with Crippen LogP contribution in [0.2, 0.25) is 0 Å². The summed E-state index contributed by atoms with van der Waals surface area (Å²) < 4.78 is 4.89. The summed E-state index contributed by atoms with van der Waals surface area (Å²) in [5, 5.41) is 8.64. The van der Waals surface area contributed by atoms with Crippen molar-refractivity contribution in [3.8, 4) is 0 Å². The molecule has 6 heteroatoms. The molecule has 0 aliphatic carbocycles. The minimum Gasteiger partial charge on any atom is -0.383 e. The number of benzene rings is 2. The molecule has 0 aliphatic heterocycles. The molecule has 0 aromatic heterocycles. The summed E-state index contributed by atoms with van der Waals surface area (Å²) in [5.74, 6) is -0.241. The molecule has 0 saturated carbocycles. The summed E-state index contributed by atoms with van der Waals surface area (Å²) >= 11 is 0. The number of carbonyl (C=O) groups excluding carboxylic acids is 2. The van der Waals surface area contributed by atoms with Crippen molar-refractivity contribution in [2.24, 2.45) is 0 Å². The van der Waals surface area contributed by atoms with Gasteiger partial charge in [-0.25, -0.2) is 0 Å². The standard InChI is InChI=1S/C19H23N3O3/c1-25-12-11-20-19(24)16-7-9-17(10-8-16)21-14-18(23)22-13-15-5-3-2-4-6-15/h2-10,21H,11-14H2,1H3,(H,20,24)(H,22,23). The van der Waals surface area contributed by atoms with Crippen molar-refractivity contribution in [3.05, 3.63) is 65.7 Å². The van der Waals surface area contributed by atoms with Gasteiger partial charge in [-0.15, -0.1) is 0 Å². The number of ether oxygens (including phenoxy) is 1. The third kappa shape index (κ3) is 6.64. The molecule has 0 heterocycles. The second kappa shape index (κ2) is 10.1. The lowest BCUT2D eigenvalue weighted by Gasteiger charge is -2.09. The second-order valence-corrected chi connectivity index (χ2v) is 5.44.